The summed E-state index contributed by atoms with van der Waals surface area (Å²) in [5.74, 6) is -3.00. The van der Waals surface area contributed by atoms with Gasteiger partial charge in [-0.1, -0.05) is 30.3 Å². The number of piperidine rings is 1. The van der Waals surface area contributed by atoms with E-state index in [4.69, 9.17) is 9.47 Å². The van der Waals surface area contributed by atoms with Gasteiger partial charge in [-0.2, -0.15) is 13.2 Å². The first-order chi connectivity index (χ1) is 16.7. The lowest BCUT2D eigenvalue weighted by Crippen LogP contribution is -2.45. The molecule has 2 aromatic rings. The van der Waals surface area contributed by atoms with Crippen LogP contribution in [0.2, 0.25) is 0 Å². The molecule has 2 atom stereocenters. The van der Waals surface area contributed by atoms with Crippen molar-refractivity contribution >= 4 is 23.7 Å². The van der Waals surface area contributed by atoms with E-state index >= 15 is 0 Å². The highest BCUT2D eigenvalue weighted by Gasteiger charge is 2.37. The van der Waals surface area contributed by atoms with E-state index in [0.717, 1.165) is 11.6 Å². The Morgan fingerprint density at radius 1 is 1.17 bits per heavy atom. The Morgan fingerprint density at radius 2 is 1.91 bits per heavy atom. The van der Waals surface area contributed by atoms with E-state index in [1.54, 1.807) is 24.3 Å². The average molecular weight is 493 g/mol. The smallest absolute Gasteiger partial charge is 0.419 e. The second kappa shape index (κ2) is 11.7. The highest BCUT2D eigenvalue weighted by molar-refractivity contribution is 5.86. The van der Waals surface area contributed by atoms with E-state index in [1.807, 2.05) is 6.07 Å². The summed E-state index contributed by atoms with van der Waals surface area (Å²) in [6, 6.07) is 10.2. The van der Waals surface area contributed by atoms with E-state index < -0.39 is 48.2 Å². The number of benzene rings is 1. The minimum atomic E-state index is -4.58. The van der Waals surface area contributed by atoms with Crippen LogP contribution in [0, 0.1) is 5.92 Å². The lowest BCUT2D eigenvalue weighted by molar-refractivity contribution is -0.153. The number of pyridine rings is 1. The van der Waals surface area contributed by atoms with Gasteiger partial charge in [0.05, 0.1) is 18.6 Å². The number of nitrogens with one attached hydrogen (secondary N) is 1. The first kappa shape index (κ1) is 26.0. The zero-order valence-corrected chi connectivity index (χ0v) is 19.1. The van der Waals surface area contributed by atoms with Crippen LogP contribution in [-0.2, 0) is 36.5 Å². The summed E-state index contributed by atoms with van der Waals surface area (Å²) in [6.45, 7) is -0.334. The van der Waals surface area contributed by atoms with Crippen molar-refractivity contribution in [1.29, 1.82) is 0 Å². The average Bonchev–Trinajstić information content (AvgIpc) is 2.86. The molecule has 0 saturated carbocycles. The molecule has 2 unspecified atom stereocenters. The Hall–Kier alpha value is -3.63. The summed E-state index contributed by atoms with van der Waals surface area (Å²) in [6.07, 6.45) is -2.25. The fourth-order valence-corrected chi connectivity index (χ4v) is 3.91. The molecule has 3 rings (SSSR count). The molecule has 1 fully saturated rings. The molecule has 0 bridgehead atoms. The quantitative estimate of drug-likeness (QED) is 0.565. The van der Waals surface area contributed by atoms with Crippen LogP contribution < -0.4 is 10.2 Å². The van der Waals surface area contributed by atoms with Crippen molar-refractivity contribution in [3.05, 3.63) is 59.8 Å². The monoisotopic (exact) mass is 493 g/mol. The molecule has 35 heavy (non-hydrogen) atoms. The topological polar surface area (TPSA) is 97.8 Å². The molecule has 1 aromatic carbocycles. The van der Waals surface area contributed by atoms with Gasteiger partial charge < -0.3 is 19.7 Å². The van der Waals surface area contributed by atoms with Gasteiger partial charge in [0.1, 0.15) is 11.9 Å². The molecule has 1 N–H and O–H groups in total. The van der Waals surface area contributed by atoms with Gasteiger partial charge in [0.25, 0.3) is 5.91 Å². The zero-order chi connectivity index (χ0) is 25.4. The first-order valence-electron chi connectivity index (χ1n) is 11.0. The third-order valence-corrected chi connectivity index (χ3v) is 5.60. The molecule has 1 aliphatic heterocycles. The third kappa shape index (κ3) is 7.17. The molecule has 1 aliphatic rings. The van der Waals surface area contributed by atoms with Gasteiger partial charge in [-0.05, 0) is 30.5 Å². The number of rotatable bonds is 8. The van der Waals surface area contributed by atoms with Gasteiger partial charge in [0.2, 0.25) is 0 Å². The molecule has 1 amide bonds. The van der Waals surface area contributed by atoms with E-state index in [0.29, 0.717) is 19.4 Å². The van der Waals surface area contributed by atoms with E-state index in [2.05, 4.69) is 10.3 Å². The van der Waals surface area contributed by atoms with Gasteiger partial charge in [0, 0.05) is 25.7 Å². The predicted octanol–water partition coefficient (Wildman–Crippen LogP) is 2.76. The van der Waals surface area contributed by atoms with Crippen LogP contribution in [0.4, 0.5) is 19.0 Å². The summed E-state index contributed by atoms with van der Waals surface area (Å²) in [4.78, 5) is 42.3. The first-order valence-corrected chi connectivity index (χ1v) is 11.0. The van der Waals surface area contributed by atoms with Gasteiger partial charge >= 0.3 is 18.1 Å². The lowest BCUT2D eigenvalue weighted by Gasteiger charge is -2.33. The van der Waals surface area contributed by atoms with Crippen molar-refractivity contribution in [2.45, 2.75) is 31.5 Å². The summed E-state index contributed by atoms with van der Waals surface area (Å²) < 4.78 is 49.9. The highest BCUT2D eigenvalue weighted by atomic mass is 19.4. The van der Waals surface area contributed by atoms with Crippen LogP contribution >= 0.6 is 0 Å². The molecular weight excluding hydrogens is 467 g/mol. The molecule has 0 spiro atoms. The minimum absolute atomic E-state index is 0.0145. The number of alkyl halides is 3. The molecule has 0 radical (unpaired) electrons. The number of anilines is 1. The lowest BCUT2D eigenvalue weighted by atomic mass is 9.97. The van der Waals surface area contributed by atoms with E-state index in [1.165, 1.54) is 24.3 Å². The normalized spacial score (nSPS) is 16.8. The number of hydrogen-bond acceptors (Lipinski definition) is 7. The molecule has 0 aliphatic carbocycles. The molecule has 1 saturated heterocycles. The molecule has 2 heterocycles. The number of halogens is 3. The maximum Gasteiger partial charge on any atom is 0.419 e. The summed E-state index contributed by atoms with van der Waals surface area (Å²) in [7, 11) is 1.20. The zero-order valence-electron chi connectivity index (χ0n) is 19.1. The van der Waals surface area contributed by atoms with Crippen LogP contribution in [0.3, 0.4) is 0 Å². The highest BCUT2D eigenvalue weighted by Crippen LogP contribution is 2.36. The fraction of sp³-hybridized carbons (Fsp3) is 0.417. The summed E-state index contributed by atoms with van der Waals surface area (Å²) in [5.41, 5.74) is -0.0732. The Balaban J connectivity index is 1.57. The SMILES string of the molecule is COC(=O)C(Cc1ccccc1)NC(=O)COC(=O)C1CCCN(c2ncccc2C(F)(F)F)C1. The third-order valence-electron chi connectivity index (χ3n) is 5.60. The van der Waals surface area contributed by atoms with Crippen molar-refractivity contribution < 1.29 is 37.0 Å². The van der Waals surface area contributed by atoms with E-state index in [-0.39, 0.29) is 18.8 Å². The predicted molar refractivity (Wildman–Crippen MR) is 119 cm³/mol. The Labute approximate surface area is 200 Å². The molecule has 8 nitrogen and oxygen atoms in total. The number of ether oxygens (including phenoxy) is 2. The summed E-state index contributed by atoms with van der Waals surface area (Å²) >= 11 is 0. The van der Waals surface area contributed by atoms with Gasteiger partial charge in [-0.15, -0.1) is 0 Å². The minimum Gasteiger partial charge on any atom is -0.467 e. The summed E-state index contributed by atoms with van der Waals surface area (Å²) in [5, 5.41) is 2.50. The Morgan fingerprint density at radius 3 is 2.60 bits per heavy atom. The number of aromatic nitrogens is 1. The molecule has 188 valence electrons. The van der Waals surface area contributed by atoms with Gasteiger partial charge in [-0.3, -0.25) is 9.59 Å². The second-order valence-corrected chi connectivity index (χ2v) is 8.10. The fourth-order valence-electron chi connectivity index (χ4n) is 3.91. The van der Waals surface area contributed by atoms with Crippen LogP contribution in [0.15, 0.2) is 48.7 Å². The van der Waals surface area contributed by atoms with Gasteiger partial charge in [-0.25, -0.2) is 9.78 Å². The number of esters is 2. The van der Waals surface area contributed by atoms with Gasteiger partial charge in [0.15, 0.2) is 6.61 Å². The molecular formula is C24H26F3N3O5. The van der Waals surface area contributed by atoms with Crippen molar-refractivity contribution in [3.8, 4) is 0 Å². The van der Waals surface area contributed by atoms with Crippen molar-refractivity contribution in [1.82, 2.24) is 10.3 Å². The number of nitrogens with zero attached hydrogens (tertiary/aromatic N) is 2. The standard InChI is InChI=1S/C24H26F3N3O5/c1-34-23(33)19(13-16-7-3-2-4-8-16)29-20(31)15-35-22(32)17-9-6-12-30(14-17)21-18(24(25,26)27)10-5-11-28-21/h2-5,7-8,10-11,17,19H,6,9,12-15H2,1H3,(H,29,31). The van der Waals surface area contributed by atoms with Crippen LogP contribution in [0.5, 0.6) is 0 Å². The van der Waals surface area contributed by atoms with Crippen LogP contribution in [0.1, 0.15) is 24.0 Å². The number of methoxy groups -OCH3 is 1. The number of hydrogen-bond donors (Lipinski definition) is 1. The maximum absolute atomic E-state index is 13.4. The maximum atomic E-state index is 13.4. The molecule has 11 heteroatoms. The van der Waals surface area contributed by atoms with E-state index in [9.17, 15) is 27.6 Å². The number of amides is 1. The van der Waals surface area contributed by atoms with Crippen LogP contribution in [-0.4, -0.2) is 55.7 Å². The van der Waals surface area contributed by atoms with Crippen LogP contribution in [0.25, 0.3) is 0 Å². The van der Waals surface area contributed by atoms with Crippen molar-refractivity contribution in [2.75, 3.05) is 31.7 Å². The number of carbonyl (C=O) groups excluding carboxylic acids is 3. The number of carbonyl (C=O) groups is 3. The Kier molecular flexibility index (Phi) is 8.67. The Bertz CT molecular complexity index is 1030. The van der Waals surface area contributed by atoms with Crippen molar-refractivity contribution in [2.24, 2.45) is 5.92 Å². The molecule has 1 aromatic heterocycles. The largest absolute Gasteiger partial charge is 0.467 e. The van der Waals surface area contributed by atoms with Crippen molar-refractivity contribution in [3.63, 3.8) is 0 Å². The second-order valence-electron chi connectivity index (χ2n) is 8.10.